The van der Waals surface area contributed by atoms with Gasteiger partial charge in [-0.15, -0.1) is 0 Å². The second kappa shape index (κ2) is 2.51. The molecule has 0 aromatic heterocycles. The molecule has 0 amide bonds. The minimum Gasteiger partial charge on any atom is -0.313 e. The van der Waals surface area contributed by atoms with Crippen molar-refractivity contribution in [3.8, 4) is 0 Å². The highest BCUT2D eigenvalue weighted by atomic mass is 16.5. The predicted molar refractivity (Wildman–Crippen MR) is 43.1 cm³/mol. The lowest BCUT2D eigenvalue weighted by Gasteiger charge is -2.39. The largest absolute Gasteiger partial charge is 0.313 e. The van der Waals surface area contributed by atoms with Crippen LogP contribution in [-0.4, -0.2) is 21.3 Å². The highest BCUT2D eigenvalue weighted by Gasteiger charge is 2.29. The molecule has 62 valence electrons. The van der Waals surface area contributed by atoms with Crippen LogP contribution in [0, 0.1) is 0 Å². The van der Waals surface area contributed by atoms with Gasteiger partial charge in [-0.3, -0.25) is 0 Å². The first-order valence-corrected chi connectivity index (χ1v) is 3.65. The van der Waals surface area contributed by atoms with Crippen molar-refractivity contribution >= 4 is 0 Å². The van der Waals surface area contributed by atoms with Crippen LogP contribution in [-0.2, 0) is 0 Å². The summed E-state index contributed by atoms with van der Waals surface area (Å²) >= 11 is 0. The average Bonchev–Trinajstić information content (AvgIpc) is 1.59. The van der Waals surface area contributed by atoms with E-state index in [-0.39, 0.29) is 11.1 Å². The maximum absolute atomic E-state index is 9.56. The van der Waals surface area contributed by atoms with Crippen molar-refractivity contribution < 1.29 is 5.21 Å². The molecule has 0 aromatic rings. The van der Waals surface area contributed by atoms with E-state index in [9.17, 15) is 5.21 Å². The number of rotatable bonds is 0. The zero-order valence-corrected chi connectivity index (χ0v) is 7.89. The first-order valence-electron chi connectivity index (χ1n) is 3.65. The number of nitrogens with zero attached hydrogens (tertiary/aromatic N) is 1. The molecule has 0 aliphatic rings. The molecule has 0 bridgehead atoms. The van der Waals surface area contributed by atoms with Gasteiger partial charge >= 0.3 is 0 Å². The van der Waals surface area contributed by atoms with E-state index in [0.29, 0.717) is 0 Å². The molecular weight excluding hydrogens is 126 g/mol. The summed E-state index contributed by atoms with van der Waals surface area (Å²) in [6, 6.07) is 0. The van der Waals surface area contributed by atoms with Crippen molar-refractivity contribution in [1.29, 1.82) is 0 Å². The zero-order chi connectivity index (χ0) is 8.58. The van der Waals surface area contributed by atoms with Crippen LogP contribution in [0.15, 0.2) is 0 Å². The molecule has 0 heterocycles. The molecule has 0 aliphatic heterocycles. The average molecular weight is 145 g/mol. The number of hydrogen-bond donors (Lipinski definition) is 1. The second-order valence-corrected chi connectivity index (χ2v) is 4.65. The molecule has 0 spiro atoms. The van der Waals surface area contributed by atoms with Gasteiger partial charge in [0.15, 0.2) is 0 Å². The standard InChI is InChI=1S/C8H19NO/c1-7(2,3)9(10)8(4,5)6/h10H,1-6H3. The molecule has 2 heteroatoms. The summed E-state index contributed by atoms with van der Waals surface area (Å²) in [5, 5.41) is 10.9. The van der Waals surface area contributed by atoms with Crippen molar-refractivity contribution in [2.75, 3.05) is 0 Å². The summed E-state index contributed by atoms with van der Waals surface area (Å²) in [6.07, 6.45) is 0. The van der Waals surface area contributed by atoms with E-state index in [1.54, 1.807) is 0 Å². The van der Waals surface area contributed by atoms with Gasteiger partial charge in [-0.2, -0.15) is 5.06 Å². The fourth-order valence-electron chi connectivity index (χ4n) is 1.01. The Balaban J connectivity index is 4.23. The lowest BCUT2D eigenvalue weighted by atomic mass is 10.0. The number of hydroxylamine groups is 2. The van der Waals surface area contributed by atoms with Crippen LogP contribution in [0.3, 0.4) is 0 Å². The molecular formula is C8H19NO. The van der Waals surface area contributed by atoms with Crippen LogP contribution < -0.4 is 0 Å². The van der Waals surface area contributed by atoms with Gasteiger partial charge < -0.3 is 5.21 Å². The number of hydrogen-bond acceptors (Lipinski definition) is 2. The molecule has 0 fully saturated rings. The van der Waals surface area contributed by atoms with Gasteiger partial charge in [0.1, 0.15) is 0 Å². The van der Waals surface area contributed by atoms with Gasteiger partial charge in [0.2, 0.25) is 0 Å². The quantitative estimate of drug-likeness (QED) is 0.528. The molecule has 0 unspecified atom stereocenters. The summed E-state index contributed by atoms with van der Waals surface area (Å²) < 4.78 is 0. The molecule has 1 N–H and O–H groups in total. The predicted octanol–water partition coefficient (Wildman–Crippen LogP) is 2.27. The van der Waals surface area contributed by atoms with Gasteiger partial charge in [0.25, 0.3) is 0 Å². The minimum absolute atomic E-state index is 0.168. The van der Waals surface area contributed by atoms with E-state index in [1.807, 2.05) is 41.5 Å². The Labute approximate surface area is 63.8 Å². The molecule has 0 radical (unpaired) electrons. The minimum atomic E-state index is -0.168. The maximum atomic E-state index is 9.56. The molecule has 0 aromatic carbocycles. The molecule has 10 heavy (non-hydrogen) atoms. The third kappa shape index (κ3) is 2.67. The Kier molecular flexibility index (Phi) is 2.49. The first-order chi connectivity index (χ1) is 4.15. The normalized spacial score (nSPS) is 14.4. The van der Waals surface area contributed by atoms with E-state index in [1.165, 1.54) is 5.06 Å². The van der Waals surface area contributed by atoms with Crippen LogP contribution in [0.2, 0.25) is 0 Å². The van der Waals surface area contributed by atoms with E-state index < -0.39 is 0 Å². The van der Waals surface area contributed by atoms with Crippen LogP contribution in [0.1, 0.15) is 41.5 Å². The van der Waals surface area contributed by atoms with Crippen molar-refractivity contribution in [3.05, 3.63) is 0 Å². The molecule has 0 rings (SSSR count). The Morgan fingerprint density at radius 3 is 1.00 bits per heavy atom. The van der Waals surface area contributed by atoms with Gasteiger partial charge in [-0.25, -0.2) is 0 Å². The fourth-order valence-corrected chi connectivity index (χ4v) is 1.01. The van der Waals surface area contributed by atoms with Gasteiger partial charge in [-0.1, -0.05) is 0 Å². The molecule has 0 aliphatic carbocycles. The highest BCUT2D eigenvalue weighted by Crippen LogP contribution is 2.20. The van der Waals surface area contributed by atoms with Gasteiger partial charge in [0, 0.05) is 11.1 Å². The van der Waals surface area contributed by atoms with E-state index in [2.05, 4.69) is 0 Å². The summed E-state index contributed by atoms with van der Waals surface area (Å²) in [7, 11) is 0. The van der Waals surface area contributed by atoms with E-state index in [0.717, 1.165) is 0 Å². The fraction of sp³-hybridized carbons (Fsp3) is 1.00. The molecule has 2 nitrogen and oxygen atoms in total. The topological polar surface area (TPSA) is 23.5 Å². The first kappa shape index (κ1) is 9.92. The zero-order valence-electron chi connectivity index (χ0n) is 7.89. The van der Waals surface area contributed by atoms with E-state index >= 15 is 0 Å². The summed E-state index contributed by atoms with van der Waals surface area (Å²) in [4.78, 5) is 0. The second-order valence-electron chi connectivity index (χ2n) is 4.65. The molecule has 0 atom stereocenters. The summed E-state index contributed by atoms with van der Waals surface area (Å²) in [5.74, 6) is 0. The monoisotopic (exact) mass is 145 g/mol. The summed E-state index contributed by atoms with van der Waals surface area (Å²) in [6.45, 7) is 11.9. The lowest BCUT2D eigenvalue weighted by molar-refractivity contribution is -0.212. The van der Waals surface area contributed by atoms with Crippen LogP contribution >= 0.6 is 0 Å². The van der Waals surface area contributed by atoms with Crippen LogP contribution in [0.4, 0.5) is 0 Å². The van der Waals surface area contributed by atoms with Crippen molar-refractivity contribution in [2.24, 2.45) is 0 Å². The highest BCUT2D eigenvalue weighted by molar-refractivity contribution is 4.79. The maximum Gasteiger partial charge on any atom is 0.0382 e. The Hall–Kier alpha value is -0.0800. The SMILES string of the molecule is CC(C)(C)N(O)C(C)(C)C. The van der Waals surface area contributed by atoms with Crippen molar-refractivity contribution in [2.45, 2.75) is 52.6 Å². The smallest absolute Gasteiger partial charge is 0.0382 e. The van der Waals surface area contributed by atoms with Gasteiger partial charge in [-0.05, 0) is 41.5 Å². The third-order valence-electron chi connectivity index (χ3n) is 1.27. The third-order valence-corrected chi connectivity index (χ3v) is 1.27. The summed E-state index contributed by atoms with van der Waals surface area (Å²) in [5.41, 5.74) is -0.337. The van der Waals surface area contributed by atoms with Crippen molar-refractivity contribution in [1.82, 2.24) is 5.06 Å². The molecule has 0 saturated carbocycles. The van der Waals surface area contributed by atoms with Crippen LogP contribution in [0.25, 0.3) is 0 Å². The lowest BCUT2D eigenvalue weighted by Crippen LogP contribution is -2.50. The van der Waals surface area contributed by atoms with Crippen LogP contribution in [0.5, 0.6) is 0 Å². The Morgan fingerprint density at radius 2 is 1.00 bits per heavy atom. The Bertz CT molecular complexity index is 93.4. The van der Waals surface area contributed by atoms with Gasteiger partial charge in [0.05, 0.1) is 0 Å². The van der Waals surface area contributed by atoms with E-state index in [4.69, 9.17) is 0 Å². The Morgan fingerprint density at radius 1 is 0.800 bits per heavy atom. The molecule has 0 saturated heterocycles. The van der Waals surface area contributed by atoms with Crippen molar-refractivity contribution in [3.63, 3.8) is 0 Å².